The van der Waals surface area contributed by atoms with Gasteiger partial charge in [-0.15, -0.1) is 0 Å². The maximum Gasteiger partial charge on any atom is 0.254 e. The van der Waals surface area contributed by atoms with Crippen LogP contribution in [0.1, 0.15) is 10.4 Å². The number of carbonyl (C=O) groups excluding carboxylic acids is 1. The summed E-state index contributed by atoms with van der Waals surface area (Å²) in [5.41, 5.74) is 1.59. The summed E-state index contributed by atoms with van der Waals surface area (Å²) >= 11 is 6.19. The zero-order valence-electron chi connectivity index (χ0n) is 10.9. The number of likely N-dealkylation sites (N-methyl/N-ethyl adjacent to an activating group) is 1. The predicted molar refractivity (Wildman–Crippen MR) is 74.5 cm³/mol. The van der Waals surface area contributed by atoms with Crippen LogP contribution in [0.5, 0.6) is 0 Å². The summed E-state index contributed by atoms with van der Waals surface area (Å²) in [6.07, 6.45) is 0. The molecule has 1 aromatic carbocycles. The van der Waals surface area contributed by atoms with E-state index in [9.17, 15) is 4.79 Å². The highest BCUT2D eigenvalue weighted by molar-refractivity contribution is 6.34. The van der Waals surface area contributed by atoms with E-state index < -0.39 is 0 Å². The molecular weight excluding hydrogens is 250 g/mol. The molecule has 1 saturated heterocycles. The molecule has 1 fully saturated rings. The Labute approximate surface area is 113 Å². The summed E-state index contributed by atoms with van der Waals surface area (Å²) in [5, 5.41) is 3.74. The monoisotopic (exact) mass is 267 g/mol. The van der Waals surface area contributed by atoms with Gasteiger partial charge in [-0.2, -0.15) is 0 Å². The standard InChI is InChI=1S/C13H18ClN3O/c1-16(2)13(18)11-5-4-9(6-12(11)14)17(3)10-7-15-8-10/h4-6,10,15H,7-8H2,1-3H3. The van der Waals surface area contributed by atoms with Gasteiger partial charge in [0.25, 0.3) is 5.91 Å². The van der Waals surface area contributed by atoms with E-state index in [1.807, 2.05) is 19.2 Å². The molecular formula is C13H18ClN3O. The van der Waals surface area contributed by atoms with E-state index >= 15 is 0 Å². The van der Waals surface area contributed by atoms with Crippen molar-refractivity contribution in [3.63, 3.8) is 0 Å². The highest BCUT2D eigenvalue weighted by atomic mass is 35.5. The summed E-state index contributed by atoms with van der Waals surface area (Å²) < 4.78 is 0. The van der Waals surface area contributed by atoms with Crippen LogP contribution in [0.3, 0.4) is 0 Å². The van der Waals surface area contributed by atoms with Crippen LogP contribution >= 0.6 is 11.6 Å². The number of nitrogens with one attached hydrogen (secondary N) is 1. The van der Waals surface area contributed by atoms with Crippen LogP contribution in [-0.2, 0) is 0 Å². The average Bonchev–Trinajstić information content (AvgIpc) is 2.25. The third-order valence-electron chi connectivity index (χ3n) is 3.30. The summed E-state index contributed by atoms with van der Waals surface area (Å²) in [6, 6.07) is 6.11. The molecule has 0 aliphatic carbocycles. The normalized spacial score (nSPS) is 15.1. The van der Waals surface area contributed by atoms with Gasteiger partial charge < -0.3 is 15.1 Å². The molecule has 5 heteroatoms. The largest absolute Gasteiger partial charge is 0.369 e. The first-order chi connectivity index (χ1) is 8.50. The van der Waals surface area contributed by atoms with Crippen LogP contribution in [0, 0.1) is 0 Å². The summed E-state index contributed by atoms with van der Waals surface area (Å²) in [5.74, 6) is -0.0699. The number of nitrogens with zero attached hydrogens (tertiary/aromatic N) is 2. The van der Waals surface area contributed by atoms with Gasteiger partial charge in [-0.25, -0.2) is 0 Å². The molecule has 1 aliphatic heterocycles. The summed E-state index contributed by atoms with van der Waals surface area (Å²) in [4.78, 5) is 15.6. The van der Waals surface area contributed by atoms with Crippen molar-refractivity contribution in [1.82, 2.24) is 10.2 Å². The van der Waals surface area contributed by atoms with Gasteiger partial charge in [0.2, 0.25) is 0 Å². The number of anilines is 1. The van der Waals surface area contributed by atoms with Crippen molar-refractivity contribution in [2.45, 2.75) is 6.04 Å². The van der Waals surface area contributed by atoms with Crippen molar-refractivity contribution in [2.75, 3.05) is 39.1 Å². The minimum Gasteiger partial charge on any atom is -0.369 e. The molecule has 0 bridgehead atoms. The third-order valence-corrected chi connectivity index (χ3v) is 3.62. The van der Waals surface area contributed by atoms with E-state index in [2.05, 4.69) is 10.2 Å². The van der Waals surface area contributed by atoms with Gasteiger partial charge in [-0.1, -0.05) is 11.6 Å². The van der Waals surface area contributed by atoms with Gasteiger partial charge in [0.1, 0.15) is 0 Å². The lowest BCUT2D eigenvalue weighted by Gasteiger charge is -2.37. The number of carbonyl (C=O) groups is 1. The van der Waals surface area contributed by atoms with Gasteiger partial charge in [0.05, 0.1) is 16.6 Å². The van der Waals surface area contributed by atoms with Gasteiger partial charge in [-0.05, 0) is 18.2 Å². The molecule has 1 aliphatic rings. The zero-order valence-corrected chi connectivity index (χ0v) is 11.7. The SMILES string of the molecule is CN(C)C(=O)c1ccc(N(C)C2CNC2)cc1Cl. The summed E-state index contributed by atoms with van der Waals surface area (Å²) in [7, 11) is 5.49. The molecule has 0 unspecified atom stereocenters. The molecule has 0 atom stereocenters. The van der Waals surface area contributed by atoms with Crippen LogP contribution in [-0.4, -0.2) is 51.1 Å². The number of benzene rings is 1. The van der Waals surface area contributed by atoms with Crippen molar-refractivity contribution in [3.05, 3.63) is 28.8 Å². The van der Waals surface area contributed by atoms with E-state index in [1.165, 1.54) is 4.90 Å². The average molecular weight is 268 g/mol. The number of hydrogen-bond donors (Lipinski definition) is 1. The lowest BCUT2D eigenvalue weighted by Crippen LogP contribution is -2.56. The van der Waals surface area contributed by atoms with Crippen molar-refractivity contribution < 1.29 is 4.79 Å². The Morgan fingerprint density at radius 2 is 2.00 bits per heavy atom. The molecule has 1 amide bonds. The second-order valence-electron chi connectivity index (χ2n) is 4.79. The molecule has 1 aromatic rings. The quantitative estimate of drug-likeness (QED) is 0.901. The maximum atomic E-state index is 11.9. The van der Waals surface area contributed by atoms with Gasteiger partial charge in [0.15, 0.2) is 0 Å². The Morgan fingerprint density at radius 1 is 1.33 bits per heavy atom. The van der Waals surface area contributed by atoms with Crippen molar-refractivity contribution >= 4 is 23.2 Å². The minimum absolute atomic E-state index is 0.0699. The van der Waals surface area contributed by atoms with Crippen LogP contribution in [0.4, 0.5) is 5.69 Å². The molecule has 0 radical (unpaired) electrons. The van der Waals surface area contributed by atoms with Gasteiger partial charge in [0, 0.05) is 39.9 Å². The maximum absolute atomic E-state index is 11.9. The minimum atomic E-state index is -0.0699. The second-order valence-corrected chi connectivity index (χ2v) is 5.19. The molecule has 98 valence electrons. The third kappa shape index (κ3) is 2.44. The van der Waals surface area contributed by atoms with Crippen molar-refractivity contribution in [2.24, 2.45) is 0 Å². The second kappa shape index (κ2) is 5.16. The smallest absolute Gasteiger partial charge is 0.254 e. The molecule has 1 N–H and O–H groups in total. The Hall–Kier alpha value is -1.26. The summed E-state index contributed by atoms with van der Waals surface area (Å²) in [6.45, 7) is 1.99. The van der Waals surface area contributed by atoms with Gasteiger partial charge >= 0.3 is 0 Å². The zero-order chi connectivity index (χ0) is 13.3. The Morgan fingerprint density at radius 3 is 2.44 bits per heavy atom. The molecule has 18 heavy (non-hydrogen) atoms. The van der Waals surface area contributed by atoms with Crippen molar-refractivity contribution in [3.8, 4) is 0 Å². The first-order valence-corrected chi connectivity index (χ1v) is 6.33. The topological polar surface area (TPSA) is 35.6 Å². The Kier molecular flexibility index (Phi) is 3.78. The van der Waals surface area contributed by atoms with Crippen molar-refractivity contribution in [1.29, 1.82) is 0 Å². The van der Waals surface area contributed by atoms with E-state index in [-0.39, 0.29) is 5.91 Å². The van der Waals surface area contributed by atoms with Gasteiger partial charge in [-0.3, -0.25) is 4.79 Å². The molecule has 0 aromatic heterocycles. The van der Waals surface area contributed by atoms with Crippen LogP contribution in [0.2, 0.25) is 5.02 Å². The fourth-order valence-electron chi connectivity index (χ4n) is 1.90. The predicted octanol–water partition coefficient (Wildman–Crippen LogP) is 1.45. The number of rotatable bonds is 3. The number of amides is 1. The first-order valence-electron chi connectivity index (χ1n) is 5.95. The number of hydrogen-bond acceptors (Lipinski definition) is 3. The lowest BCUT2D eigenvalue weighted by molar-refractivity contribution is 0.0828. The first kappa shape index (κ1) is 13.2. The molecule has 1 heterocycles. The van der Waals surface area contributed by atoms with Crippen LogP contribution in [0.15, 0.2) is 18.2 Å². The molecule has 0 saturated carbocycles. The molecule has 2 rings (SSSR count). The van der Waals surface area contributed by atoms with E-state index in [0.29, 0.717) is 16.6 Å². The molecule has 0 spiro atoms. The lowest BCUT2D eigenvalue weighted by atomic mass is 10.1. The van der Waals surface area contributed by atoms with Crippen LogP contribution in [0.25, 0.3) is 0 Å². The highest BCUT2D eigenvalue weighted by Crippen LogP contribution is 2.25. The fourth-order valence-corrected chi connectivity index (χ4v) is 2.15. The van der Waals surface area contributed by atoms with E-state index in [0.717, 1.165) is 18.8 Å². The fraction of sp³-hybridized carbons (Fsp3) is 0.462. The Balaban J connectivity index is 2.21. The van der Waals surface area contributed by atoms with E-state index in [1.54, 1.807) is 20.2 Å². The highest BCUT2D eigenvalue weighted by Gasteiger charge is 2.22. The Bertz CT molecular complexity index is 458. The van der Waals surface area contributed by atoms with Crippen LogP contribution < -0.4 is 10.2 Å². The number of halogens is 1. The van der Waals surface area contributed by atoms with E-state index in [4.69, 9.17) is 11.6 Å². The molecule has 4 nitrogen and oxygen atoms in total.